The predicted molar refractivity (Wildman–Crippen MR) is 54.4 cm³/mol. The van der Waals surface area contributed by atoms with E-state index in [1.165, 1.54) is 0 Å². The second kappa shape index (κ2) is 6.78. The maximum absolute atomic E-state index is 4.98. The molecule has 0 aliphatic rings. The summed E-state index contributed by atoms with van der Waals surface area (Å²) in [5.41, 5.74) is 0. The van der Waals surface area contributed by atoms with Gasteiger partial charge in [-0.05, 0) is 14.1 Å². The molecule has 0 aliphatic carbocycles. The highest BCUT2D eigenvalue weighted by atomic mass is 127. The van der Waals surface area contributed by atoms with Crippen LogP contribution in [0.25, 0.3) is 0 Å². The highest BCUT2D eigenvalue weighted by Gasteiger charge is 2.10. The molecule has 0 saturated heterocycles. The van der Waals surface area contributed by atoms with E-state index in [1.807, 2.05) is 41.0 Å². The quantitative estimate of drug-likeness (QED) is 0.608. The average Bonchev–Trinajstić information content (AvgIpc) is 1.87. The van der Waals surface area contributed by atoms with Crippen molar-refractivity contribution in [2.24, 2.45) is 0 Å². The Kier molecular flexibility index (Phi) is 7.52. The number of rotatable bonds is 5. The summed E-state index contributed by atoms with van der Waals surface area (Å²) in [6.07, 6.45) is 0. The lowest BCUT2D eigenvalue weighted by Gasteiger charge is -2.19. The monoisotopic (exact) mass is 322 g/mol. The summed E-state index contributed by atoms with van der Waals surface area (Å²) in [5, 5.41) is 3.08. The van der Waals surface area contributed by atoms with Crippen LogP contribution in [0.3, 0.4) is 0 Å². The molecule has 0 amide bonds. The maximum atomic E-state index is 4.98. The summed E-state index contributed by atoms with van der Waals surface area (Å²) < 4.78 is 6.94. The zero-order valence-corrected chi connectivity index (χ0v) is 9.85. The molecular weight excluding hydrogens is 311 g/mol. The Morgan fingerprint density at radius 2 is 2.40 bits per heavy atom. The van der Waals surface area contributed by atoms with Crippen molar-refractivity contribution in [1.82, 2.24) is 9.24 Å². The lowest BCUT2D eigenvalue weighted by Crippen LogP contribution is -2.36. The number of nitrogens with zero attached hydrogens (tertiary/aromatic N) is 1. The summed E-state index contributed by atoms with van der Waals surface area (Å²) in [6, 6.07) is 0.391. The van der Waals surface area contributed by atoms with Gasteiger partial charge in [0.2, 0.25) is 0 Å². The molecule has 0 aromatic heterocycles. The Labute approximate surface area is 84.5 Å². The van der Waals surface area contributed by atoms with Crippen molar-refractivity contribution in [2.75, 3.05) is 27.2 Å². The van der Waals surface area contributed by atoms with Crippen LogP contribution in [-0.2, 0) is 3.07 Å². The lowest BCUT2D eigenvalue weighted by molar-refractivity contribution is 0.287. The molecule has 10 heavy (non-hydrogen) atoms. The van der Waals surface area contributed by atoms with Gasteiger partial charge in [0.1, 0.15) is 23.0 Å². The summed E-state index contributed by atoms with van der Waals surface area (Å²) in [7, 11) is 3.90. The number of nitrogens with one attached hydrogen (secondary N) is 1. The molecule has 0 spiro atoms. The summed E-state index contributed by atoms with van der Waals surface area (Å²) >= 11 is 5.25. The van der Waals surface area contributed by atoms with Crippen LogP contribution in [-0.4, -0.2) is 37.2 Å². The summed E-state index contributed by atoms with van der Waals surface area (Å²) in [6.45, 7) is 1.65. The second-order valence-electron chi connectivity index (χ2n) is 2.01. The average molecular weight is 323 g/mol. The number of halogens is 2. The Balaban J connectivity index is 3.50. The van der Waals surface area contributed by atoms with Crippen LogP contribution in [0.2, 0.25) is 0 Å². The van der Waals surface area contributed by atoms with Crippen LogP contribution in [0.15, 0.2) is 0 Å². The van der Waals surface area contributed by atoms with Gasteiger partial charge >= 0.3 is 0 Å². The van der Waals surface area contributed by atoms with Crippen LogP contribution in [0, 0.1) is 0 Å². The fourth-order valence-corrected chi connectivity index (χ4v) is 1.27. The number of hydrogen-bond donors (Lipinski definition) is 1. The molecule has 0 aliphatic heterocycles. The molecule has 3 nitrogen and oxygen atoms in total. The largest absolute Gasteiger partial charge is 0.318 e. The minimum atomic E-state index is 0.391. The molecule has 0 fully saturated rings. The van der Waals surface area contributed by atoms with Gasteiger partial charge in [-0.15, -0.1) is 0 Å². The first-order chi connectivity index (χ1) is 4.72. The maximum Gasteiger partial charge on any atom is 0.109 e. The third kappa shape index (κ3) is 4.84. The predicted octanol–water partition coefficient (Wildman–Crippen LogP) is 1.18. The first kappa shape index (κ1) is 11.1. The molecular formula is C5H12BrIN2O. The van der Waals surface area contributed by atoms with Crippen LogP contribution in [0.1, 0.15) is 0 Å². The van der Waals surface area contributed by atoms with Gasteiger partial charge < -0.3 is 8.38 Å². The Morgan fingerprint density at radius 1 is 1.80 bits per heavy atom. The minimum absolute atomic E-state index is 0.391. The topological polar surface area (TPSA) is 24.5 Å². The fraction of sp³-hybridized carbons (Fsp3) is 1.00. The fourth-order valence-electron chi connectivity index (χ4n) is 0.596. The number of likely N-dealkylation sites (N-methyl/N-ethyl adjacent to an activating group) is 2. The van der Waals surface area contributed by atoms with Crippen LogP contribution < -0.4 is 5.32 Å². The lowest BCUT2D eigenvalue weighted by atomic mass is 10.3. The van der Waals surface area contributed by atoms with E-state index in [4.69, 9.17) is 3.07 Å². The smallest absolute Gasteiger partial charge is 0.109 e. The highest BCUT2D eigenvalue weighted by Crippen LogP contribution is 2.03. The summed E-state index contributed by atoms with van der Waals surface area (Å²) in [5.74, 6) is 0. The van der Waals surface area contributed by atoms with Crippen molar-refractivity contribution in [3.8, 4) is 0 Å². The van der Waals surface area contributed by atoms with Crippen molar-refractivity contribution in [1.29, 1.82) is 0 Å². The van der Waals surface area contributed by atoms with Gasteiger partial charge in [0.15, 0.2) is 0 Å². The van der Waals surface area contributed by atoms with Crippen LogP contribution in [0.4, 0.5) is 0 Å². The van der Waals surface area contributed by atoms with Gasteiger partial charge in [-0.3, -0.25) is 0 Å². The third-order valence-electron chi connectivity index (χ3n) is 1.20. The SMILES string of the molecule is CNCC(COI)N(C)Br. The van der Waals surface area contributed by atoms with Gasteiger partial charge in [-0.2, -0.15) is 0 Å². The first-order valence-corrected chi connectivity index (χ1v) is 4.58. The molecule has 0 radical (unpaired) electrons. The van der Waals surface area contributed by atoms with E-state index in [0.29, 0.717) is 6.04 Å². The molecule has 62 valence electrons. The Hall–Kier alpha value is 1.09. The zero-order chi connectivity index (χ0) is 7.98. The molecule has 0 aromatic carbocycles. The van der Waals surface area contributed by atoms with Crippen LogP contribution >= 0.6 is 39.2 Å². The molecule has 0 aromatic rings. The van der Waals surface area contributed by atoms with Gasteiger partial charge in [0.05, 0.1) is 12.6 Å². The van der Waals surface area contributed by atoms with Crippen molar-refractivity contribution < 1.29 is 3.07 Å². The van der Waals surface area contributed by atoms with Crippen molar-refractivity contribution in [3.63, 3.8) is 0 Å². The first-order valence-electron chi connectivity index (χ1n) is 2.99. The van der Waals surface area contributed by atoms with Gasteiger partial charge in [0, 0.05) is 22.7 Å². The van der Waals surface area contributed by atoms with Crippen molar-refractivity contribution >= 4 is 39.2 Å². The van der Waals surface area contributed by atoms with Crippen molar-refractivity contribution in [3.05, 3.63) is 0 Å². The standard InChI is InChI=1S/C5H12BrIN2O/c1-8-3-5(4-10-7)9(2)6/h5,8H,3-4H2,1-2H3. The Morgan fingerprint density at radius 3 is 2.70 bits per heavy atom. The number of hydrogen-bond acceptors (Lipinski definition) is 3. The van der Waals surface area contributed by atoms with E-state index >= 15 is 0 Å². The minimum Gasteiger partial charge on any atom is -0.318 e. The van der Waals surface area contributed by atoms with E-state index in [1.54, 1.807) is 0 Å². The van der Waals surface area contributed by atoms with E-state index in [9.17, 15) is 0 Å². The molecule has 5 heteroatoms. The van der Waals surface area contributed by atoms with Crippen molar-refractivity contribution in [2.45, 2.75) is 6.04 Å². The third-order valence-corrected chi connectivity index (χ3v) is 2.14. The molecule has 0 saturated carbocycles. The molecule has 1 atom stereocenters. The Bertz CT molecular complexity index is 78.0. The van der Waals surface area contributed by atoms with E-state index in [-0.39, 0.29) is 0 Å². The van der Waals surface area contributed by atoms with Crippen LogP contribution in [0.5, 0.6) is 0 Å². The second-order valence-corrected chi connectivity index (χ2v) is 3.75. The van der Waals surface area contributed by atoms with E-state index in [0.717, 1.165) is 13.2 Å². The van der Waals surface area contributed by atoms with Gasteiger partial charge in [-0.1, -0.05) is 0 Å². The molecule has 0 rings (SSSR count). The molecule has 1 N–H and O–H groups in total. The van der Waals surface area contributed by atoms with E-state index in [2.05, 4.69) is 21.5 Å². The van der Waals surface area contributed by atoms with E-state index < -0.39 is 0 Å². The molecule has 0 heterocycles. The highest BCUT2D eigenvalue weighted by molar-refractivity contribution is 14.1. The zero-order valence-electron chi connectivity index (χ0n) is 6.10. The summed E-state index contributed by atoms with van der Waals surface area (Å²) in [4.78, 5) is 0. The molecule has 0 bridgehead atoms. The normalized spacial score (nSPS) is 14.1. The van der Waals surface area contributed by atoms with Gasteiger partial charge in [0.25, 0.3) is 0 Å². The molecule has 1 unspecified atom stereocenters. The van der Waals surface area contributed by atoms with Gasteiger partial charge in [-0.25, -0.2) is 3.93 Å².